The maximum atomic E-state index is 12.4. The van der Waals surface area contributed by atoms with E-state index in [2.05, 4.69) is 10.6 Å². The van der Waals surface area contributed by atoms with E-state index in [1.165, 1.54) is 13.1 Å². The Labute approximate surface area is 135 Å². The van der Waals surface area contributed by atoms with E-state index in [1.807, 2.05) is 30.3 Å². The van der Waals surface area contributed by atoms with Gasteiger partial charge in [-0.2, -0.15) is 0 Å². The molecular formula is C18H20N2O3. The van der Waals surface area contributed by atoms with E-state index in [-0.39, 0.29) is 17.2 Å². The van der Waals surface area contributed by atoms with Crippen molar-refractivity contribution in [2.24, 2.45) is 0 Å². The molecule has 2 rings (SSSR count). The SMILES string of the molecule is CNC(=O)C(Cc1ccccc1)NC(=O)c1cccc(C)c1O. The molecule has 2 aromatic carbocycles. The fourth-order valence-electron chi connectivity index (χ4n) is 2.31. The van der Waals surface area contributed by atoms with Gasteiger partial charge in [0.05, 0.1) is 5.56 Å². The van der Waals surface area contributed by atoms with Crippen molar-refractivity contribution in [2.45, 2.75) is 19.4 Å². The monoisotopic (exact) mass is 312 g/mol. The van der Waals surface area contributed by atoms with Crippen LogP contribution in [0.3, 0.4) is 0 Å². The maximum Gasteiger partial charge on any atom is 0.255 e. The van der Waals surface area contributed by atoms with Crippen LogP contribution in [0.15, 0.2) is 48.5 Å². The van der Waals surface area contributed by atoms with Crippen LogP contribution in [-0.4, -0.2) is 30.0 Å². The Bertz CT molecular complexity index is 699. The Morgan fingerprint density at radius 2 is 1.78 bits per heavy atom. The van der Waals surface area contributed by atoms with Crippen molar-refractivity contribution in [1.82, 2.24) is 10.6 Å². The lowest BCUT2D eigenvalue weighted by molar-refractivity contribution is -0.122. The van der Waals surface area contributed by atoms with Gasteiger partial charge in [-0.05, 0) is 24.1 Å². The lowest BCUT2D eigenvalue weighted by Crippen LogP contribution is -2.47. The molecule has 2 amide bonds. The van der Waals surface area contributed by atoms with Crippen LogP contribution in [0.25, 0.3) is 0 Å². The normalized spacial score (nSPS) is 11.6. The van der Waals surface area contributed by atoms with Crippen molar-refractivity contribution >= 4 is 11.8 Å². The van der Waals surface area contributed by atoms with Crippen LogP contribution in [0.1, 0.15) is 21.5 Å². The van der Waals surface area contributed by atoms with E-state index in [1.54, 1.807) is 19.1 Å². The molecule has 0 aliphatic rings. The number of phenolic OH excluding ortho intramolecular Hbond substituents is 1. The molecule has 0 radical (unpaired) electrons. The zero-order valence-electron chi connectivity index (χ0n) is 13.2. The van der Waals surface area contributed by atoms with Crippen LogP contribution in [0.4, 0.5) is 0 Å². The first kappa shape index (κ1) is 16.5. The minimum absolute atomic E-state index is 0.0691. The summed E-state index contributed by atoms with van der Waals surface area (Å²) in [5.74, 6) is -0.828. The minimum atomic E-state index is -0.713. The summed E-state index contributed by atoms with van der Waals surface area (Å²) >= 11 is 0. The van der Waals surface area contributed by atoms with Gasteiger partial charge in [0.25, 0.3) is 5.91 Å². The van der Waals surface area contributed by atoms with Crippen molar-refractivity contribution < 1.29 is 14.7 Å². The zero-order valence-corrected chi connectivity index (χ0v) is 13.2. The lowest BCUT2D eigenvalue weighted by Gasteiger charge is -2.18. The smallest absolute Gasteiger partial charge is 0.255 e. The van der Waals surface area contributed by atoms with Gasteiger partial charge in [0, 0.05) is 13.5 Å². The third-order valence-corrected chi connectivity index (χ3v) is 3.63. The second-order valence-corrected chi connectivity index (χ2v) is 5.30. The number of likely N-dealkylation sites (N-methyl/N-ethyl adjacent to an activating group) is 1. The summed E-state index contributed by atoms with van der Waals surface area (Å²) in [5, 5.41) is 15.2. The number of carbonyl (C=O) groups is 2. The molecule has 1 unspecified atom stereocenters. The number of rotatable bonds is 5. The molecule has 3 N–H and O–H groups in total. The van der Waals surface area contributed by atoms with E-state index in [0.717, 1.165) is 5.56 Å². The number of hydrogen-bond donors (Lipinski definition) is 3. The van der Waals surface area contributed by atoms with Crippen LogP contribution >= 0.6 is 0 Å². The standard InChI is InChI=1S/C18H20N2O3/c1-12-7-6-10-14(16(12)21)17(22)20-15(18(23)19-2)11-13-8-4-3-5-9-13/h3-10,15,21H,11H2,1-2H3,(H,19,23)(H,20,22). The number of aryl methyl sites for hydroxylation is 1. The molecule has 0 aliphatic carbocycles. The van der Waals surface area contributed by atoms with Crippen molar-refractivity contribution in [2.75, 3.05) is 7.05 Å². The number of phenols is 1. The third-order valence-electron chi connectivity index (χ3n) is 3.63. The van der Waals surface area contributed by atoms with Gasteiger partial charge in [0.15, 0.2) is 0 Å². The average Bonchev–Trinajstić information content (AvgIpc) is 2.56. The van der Waals surface area contributed by atoms with E-state index >= 15 is 0 Å². The molecule has 0 bridgehead atoms. The van der Waals surface area contributed by atoms with Gasteiger partial charge in [0.2, 0.25) is 5.91 Å². The lowest BCUT2D eigenvalue weighted by atomic mass is 10.0. The highest BCUT2D eigenvalue weighted by molar-refractivity contribution is 5.99. The van der Waals surface area contributed by atoms with Gasteiger partial charge in [-0.1, -0.05) is 42.5 Å². The summed E-state index contributed by atoms with van der Waals surface area (Å²) < 4.78 is 0. The molecule has 0 saturated carbocycles. The third kappa shape index (κ3) is 4.10. The number of hydrogen-bond acceptors (Lipinski definition) is 3. The predicted octanol–water partition coefficient (Wildman–Crippen LogP) is 1.79. The first-order valence-corrected chi connectivity index (χ1v) is 7.38. The van der Waals surface area contributed by atoms with E-state index in [0.29, 0.717) is 12.0 Å². The number of amides is 2. The minimum Gasteiger partial charge on any atom is -0.507 e. The molecule has 1 atom stereocenters. The largest absolute Gasteiger partial charge is 0.507 e. The summed E-state index contributed by atoms with van der Waals surface area (Å²) in [6, 6.07) is 13.7. The Balaban J connectivity index is 2.19. The average molecular weight is 312 g/mol. The molecule has 5 nitrogen and oxygen atoms in total. The molecular weight excluding hydrogens is 292 g/mol. The van der Waals surface area contributed by atoms with Crippen LogP contribution in [0, 0.1) is 6.92 Å². The fraction of sp³-hybridized carbons (Fsp3) is 0.222. The highest BCUT2D eigenvalue weighted by Gasteiger charge is 2.22. The van der Waals surface area contributed by atoms with Gasteiger partial charge in [-0.15, -0.1) is 0 Å². The fourth-order valence-corrected chi connectivity index (χ4v) is 2.31. The summed E-state index contributed by atoms with van der Waals surface area (Å²) in [4.78, 5) is 24.4. The summed E-state index contributed by atoms with van der Waals surface area (Å²) in [5.41, 5.74) is 1.71. The van der Waals surface area contributed by atoms with Crippen LogP contribution < -0.4 is 10.6 Å². The number of nitrogens with one attached hydrogen (secondary N) is 2. The molecule has 0 heterocycles. The maximum absolute atomic E-state index is 12.4. The van der Waals surface area contributed by atoms with E-state index < -0.39 is 11.9 Å². The van der Waals surface area contributed by atoms with Crippen LogP contribution in [0.5, 0.6) is 5.75 Å². The predicted molar refractivity (Wildman–Crippen MR) is 88.3 cm³/mol. The molecule has 0 aromatic heterocycles. The second-order valence-electron chi connectivity index (χ2n) is 5.30. The Kier molecular flexibility index (Phi) is 5.36. The number of aromatic hydroxyl groups is 1. The Morgan fingerprint density at radius 1 is 1.09 bits per heavy atom. The van der Waals surface area contributed by atoms with Crippen LogP contribution in [-0.2, 0) is 11.2 Å². The van der Waals surface area contributed by atoms with E-state index in [4.69, 9.17) is 0 Å². The van der Waals surface area contributed by atoms with Crippen molar-refractivity contribution in [1.29, 1.82) is 0 Å². The molecule has 0 saturated heterocycles. The van der Waals surface area contributed by atoms with Crippen molar-refractivity contribution in [3.63, 3.8) is 0 Å². The molecule has 120 valence electrons. The van der Waals surface area contributed by atoms with Gasteiger partial charge in [-0.25, -0.2) is 0 Å². The van der Waals surface area contributed by atoms with Crippen molar-refractivity contribution in [3.8, 4) is 5.75 Å². The Morgan fingerprint density at radius 3 is 2.43 bits per heavy atom. The molecule has 23 heavy (non-hydrogen) atoms. The molecule has 0 aliphatic heterocycles. The summed E-state index contributed by atoms with van der Waals surface area (Å²) in [6.45, 7) is 1.71. The van der Waals surface area contributed by atoms with E-state index in [9.17, 15) is 14.7 Å². The second kappa shape index (κ2) is 7.45. The quantitative estimate of drug-likeness (QED) is 0.787. The van der Waals surface area contributed by atoms with Gasteiger partial charge in [0.1, 0.15) is 11.8 Å². The first-order valence-electron chi connectivity index (χ1n) is 7.38. The molecule has 2 aromatic rings. The zero-order chi connectivity index (χ0) is 16.8. The Hall–Kier alpha value is -2.82. The molecule has 0 spiro atoms. The topological polar surface area (TPSA) is 78.4 Å². The molecule has 5 heteroatoms. The first-order chi connectivity index (χ1) is 11.0. The van der Waals surface area contributed by atoms with Gasteiger partial charge < -0.3 is 15.7 Å². The molecule has 0 fully saturated rings. The number of carbonyl (C=O) groups excluding carboxylic acids is 2. The number of benzene rings is 2. The van der Waals surface area contributed by atoms with Gasteiger partial charge in [-0.3, -0.25) is 9.59 Å². The number of para-hydroxylation sites is 1. The highest BCUT2D eigenvalue weighted by Crippen LogP contribution is 2.21. The highest BCUT2D eigenvalue weighted by atomic mass is 16.3. The van der Waals surface area contributed by atoms with Gasteiger partial charge >= 0.3 is 0 Å². The van der Waals surface area contributed by atoms with Crippen molar-refractivity contribution in [3.05, 3.63) is 65.2 Å². The summed E-state index contributed by atoms with van der Waals surface area (Å²) in [7, 11) is 1.52. The summed E-state index contributed by atoms with van der Waals surface area (Å²) in [6.07, 6.45) is 0.374. The van der Waals surface area contributed by atoms with Crippen LogP contribution in [0.2, 0.25) is 0 Å².